The molecule has 72 valence electrons. The zero-order chi connectivity index (χ0) is 9.72. The smallest absolute Gasteiger partial charge is 0.234 e. The summed E-state index contributed by atoms with van der Waals surface area (Å²) in [6.07, 6.45) is 0. The zero-order valence-electron chi connectivity index (χ0n) is 7.95. The summed E-state index contributed by atoms with van der Waals surface area (Å²) in [4.78, 5) is 12.7. The van der Waals surface area contributed by atoms with Gasteiger partial charge in [0, 0.05) is 12.6 Å². The second-order valence-electron chi connectivity index (χ2n) is 3.13. The number of nitrogens with zero attached hydrogens (tertiary/aromatic N) is 1. The van der Waals surface area contributed by atoms with Gasteiger partial charge < -0.3 is 10.8 Å². The van der Waals surface area contributed by atoms with Gasteiger partial charge in [-0.25, -0.2) is 0 Å². The highest BCUT2D eigenvalue weighted by molar-refractivity contribution is 5.79. The lowest BCUT2D eigenvalue weighted by Crippen LogP contribution is -2.47. The van der Waals surface area contributed by atoms with E-state index in [1.807, 2.05) is 18.7 Å². The van der Waals surface area contributed by atoms with Gasteiger partial charge in [0.2, 0.25) is 5.91 Å². The van der Waals surface area contributed by atoms with Gasteiger partial charge in [-0.05, 0) is 20.8 Å². The van der Waals surface area contributed by atoms with E-state index in [-0.39, 0.29) is 24.6 Å². The van der Waals surface area contributed by atoms with Crippen molar-refractivity contribution in [1.29, 1.82) is 0 Å². The van der Waals surface area contributed by atoms with E-state index in [0.717, 1.165) is 0 Å². The van der Waals surface area contributed by atoms with Crippen LogP contribution in [0.25, 0.3) is 0 Å². The summed E-state index contributed by atoms with van der Waals surface area (Å²) in [6, 6.07) is -0.0863. The minimum absolute atomic E-state index is 0.0514. The molecule has 12 heavy (non-hydrogen) atoms. The summed E-state index contributed by atoms with van der Waals surface area (Å²) < 4.78 is 0. The Bertz CT molecular complexity index is 148. The van der Waals surface area contributed by atoms with Gasteiger partial charge in [-0.3, -0.25) is 9.69 Å². The van der Waals surface area contributed by atoms with Crippen LogP contribution in [0.1, 0.15) is 20.8 Å². The molecule has 0 saturated carbocycles. The molecule has 0 aromatic carbocycles. The molecule has 3 N–H and O–H groups in total. The highest BCUT2D eigenvalue weighted by Crippen LogP contribution is 2.03. The fraction of sp³-hybridized carbons (Fsp3) is 0.875. The Morgan fingerprint density at radius 3 is 2.25 bits per heavy atom. The van der Waals surface area contributed by atoms with Crippen LogP contribution in [0.15, 0.2) is 0 Å². The van der Waals surface area contributed by atoms with E-state index in [0.29, 0.717) is 6.54 Å². The van der Waals surface area contributed by atoms with Crippen LogP contribution in [0.4, 0.5) is 0 Å². The van der Waals surface area contributed by atoms with E-state index in [2.05, 4.69) is 0 Å². The van der Waals surface area contributed by atoms with Gasteiger partial charge >= 0.3 is 0 Å². The van der Waals surface area contributed by atoms with E-state index in [4.69, 9.17) is 10.8 Å². The number of amides is 1. The molecule has 0 spiro atoms. The number of nitrogens with two attached hydrogens (primary N) is 1. The molecule has 1 unspecified atom stereocenters. The monoisotopic (exact) mass is 174 g/mol. The summed E-state index contributed by atoms with van der Waals surface area (Å²) in [5, 5.41) is 8.72. The molecule has 0 radical (unpaired) electrons. The summed E-state index contributed by atoms with van der Waals surface area (Å²) in [6.45, 7) is 6.22. The highest BCUT2D eigenvalue weighted by atomic mass is 16.3. The van der Waals surface area contributed by atoms with Crippen molar-refractivity contribution in [2.24, 2.45) is 5.73 Å². The first-order valence-electron chi connectivity index (χ1n) is 4.16. The van der Waals surface area contributed by atoms with Crippen LogP contribution in [-0.4, -0.2) is 41.1 Å². The summed E-state index contributed by atoms with van der Waals surface area (Å²) in [7, 11) is 0. The van der Waals surface area contributed by atoms with E-state index in [9.17, 15) is 4.79 Å². The molecule has 4 nitrogen and oxygen atoms in total. The molecule has 1 atom stereocenters. The average molecular weight is 174 g/mol. The van der Waals surface area contributed by atoms with Gasteiger partial charge in [0.25, 0.3) is 0 Å². The maximum absolute atomic E-state index is 10.8. The topological polar surface area (TPSA) is 66.6 Å². The summed E-state index contributed by atoms with van der Waals surface area (Å²) >= 11 is 0. The standard InChI is InChI=1S/C8H18N2O2/c1-6(2)10(4-5-11)7(3)8(9)12/h6-7,11H,4-5H2,1-3H3,(H2,9,12). The number of primary amides is 1. The van der Waals surface area contributed by atoms with Gasteiger partial charge in [-0.15, -0.1) is 0 Å². The van der Waals surface area contributed by atoms with Crippen LogP contribution in [0, 0.1) is 0 Å². The molecule has 4 heteroatoms. The molecule has 0 rings (SSSR count). The van der Waals surface area contributed by atoms with Crippen molar-refractivity contribution in [3.8, 4) is 0 Å². The van der Waals surface area contributed by atoms with Crippen molar-refractivity contribution in [1.82, 2.24) is 4.90 Å². The molecule has 0 bridgehead atoms. The molecule has 0 aliphatic carbocycles. The lowest BCUT2D eigenvalue weighted by molar-refractivity contribution is -0.123. The number of aliphatic hydroxyl groups excluding tert-OH is 1. The van der Waals surface area contributed by atoms with Crippen LogP contribution in [0.3, 0.4) is 0 Å². The number of aliphatic hydroxyl groups is 1. The average Bonchev–Trinajstić information content (AvgIpc) is 1.98. The maximum atomic E-state index is 10.8. The number of carbonyl (C=O) groups excluding carboxylic acids is 1. The Labute approximate surface area is 73.3 Å². The molecule has 0 aliphatic heterocycles. The lowest BCUT2D eigenvalue weighted by atomic mass is 10.2. The largest absolute Gasteiger partial charge is 0.395 e. The van der Waals surface area contributed by atoms with Gasteiger partial charge in [-0.1, -0.05) is 0 Å². The molecular formula is C8H18N2O2. The van der Waals surface area contributed by atoms with E-state index >= 15 is 0 Å². The van der Waals surface area contributed by atoms with Crippen LogP contribution in [0.5, 0.6) is 0 Å². The first kappa shape index (κ1) is 11.4. The van der Waals surface area contributed by atoms with Crippen LogP contribution in [-0.2, 0) is 4.79 Å². The Morgan fingerprint density at radius 1 is 1.50 bits per heavy atom. The Morgan fingerprint density at radius 2 is 2.00 bits per heavy atom. The highest BCUT2D eigenvalue weighted by Gasteiger charge is 2.20. The van der Waals surface area contributed by atoms with Gasteiger partial charge in [0.1, 0.15) is 0 Å². The first-order valence-corrected chi connectivity index (χ1v) is 4.16. The molecule has 1 amide bonds. The first-order chi connectivity index (χ1) is 5.50. The van der Waals surface area contributed by atoms with E-state index in [1.54, 1.807) is 6.92 Å². The minimum atomic E-state index is -0.350. The van der Waals surface area contributed by atoms with Crippen LogP contribution in [0.2, 0.25) is 0 Å². The number of hydrogen-bond acceptors (Lipinski definition) is 3. The lowest BCUT2D eigenvalue weighted by Gasteiger charge is -2.29. The second-order valence-corrected chi connectivity index (χ2v) is 3.13. The van der Waals surface area contributed by atoms with Crippen molar-refractivity contribution < 1.29 is 9.90 Å². The SMILES string of the molecule is CC(C)N(CCO)C(C)C(N)=O. The third-order valence-corrected chi connectivity index (χ3v) is 1.93. The minimum Gasteiger partial charge on any atom is -0.395 e. The number of rotatable bonds is 5. The maximum Gasteiger partial charge on any atom is 0.234 e. The molecule has 0 saturated heterocycles. The van der Waals surface area contributed by atoms with E-state index < -0.39 is 0 Å². The third-order valence-electron chi connectivity index (χ3n) is 1.93. The van der Waals surface area contributed by atoms with E-state index in [1.165, 1.54) is 0 Å². The van der Waals surface area contributed by atoms with Crippen molar-refractivity contribution in [2.45, 2.75) is 32.9 Å². The Balaban J connectivity index is 4.18. The van der Waals surface area contributed by atoms with Crippen LogP contribution >= 0.6 is 0 Å². The molecule has 0 fully saturated rings. The normalized spacial score (nSPS) is 13.8. The third kappa shape index (κ3) is 3.19. The van der Waals surface area contributed by atoms with Crippen molar-refractivity contribution in [2.75, 3.05) is 13.2 Å². The fourth-order valence-corrected chi connectivity index (χ4v) is 1.18. The molecule has 0 heterocycles. The summed E-state index contributed by atoms with van der Waals surface area (Å²) in [5.41, 5.74) is 5.14. The molecular weight excluding hydrogens is 156 g/mol. The molecule has 0 aliphatic rings. The number of carbonyl (C=O) groups is 1. The Hall–Kier alpha value is -0.610. The van der Waals surface area contributed by atoms with Crippen molar-refractivity contribution in [3.05, 3.63) is 0 Å². The summed E-state index contributed by atoms with van der Waals surface area (Å²) in [5.74, 6) is -0.350. The second kappa shape index (κ2) is 5.11. The zero-order valence-corrected chi connectivity index (χ0v) is 7.95. The van der Waals surface area contributed by atoms with Crippen molar-refractivity contribution in [3.63, 3.8) is 0 Å². The van der Waals surface area contributed by atoms with Gasteiger partial charge in [-0.2, -0.15) is 0 Å². The van der Waals surface area contributed by atoms with Crippen molar-refractivity contribution >= 4 is 5.91 Å². The fourth-order valence-electron chi connectivity index (χ4n) is 1.18. The predicted molar refractivity (Wildman–Crippen MR) is 47.6 cm³/mol. The van der Waals surface area contributed by atoms with Crippen LogP contribution < -0.4 is 5.73 Å². The Kier molecular flexibility index (Phi) is 4.85. The predicted octanol–water partition coefficient (Wildman–Crippen LogP) is -0.437. The number of hydrogen-bond donors (Lipinski definition) is 2. The van der Waals surface area contributed by atoms with Gasteiger partial charge in [0.05, 0.1) is 12.6 Å². The molecule has 0 aromatic heterocycles. The van der Waals surface area contributed by atoms with Gasteiger partial charge in [0.15, 0.2) is 0 Å². The quantitative estimate of drug-likeness (QED) is 0.594. The molecule has 0 aromatic rings.